The van der Waals surface area contributed by atoms with Crippen LogP contribution in [0.15, 0.2) is 85.5 Å². The minimum Gasteiger partial charge on any atom is -0.383 e. The summed E-state index contributed by atoms with van der Waals surface area (Å²) in [5, 5.41) is 7.23. The van der Waals surface area contributed by atoms with E-state index in [4.69, 9.17) is 15.7 Å². The molecular formula is C30H23F2N9O. The van der Waals surface area contributed by atoms with Crippen molar-refractivity contribution in [2.75, 3.05) is 5.73 Å². The third-order valence-corrected chi connectivity index (χ3v) is 7.37. The number of nitrogens with zero attached hydrogens (tertiary/aromatic N) is 7. The molecule has 1 aliphatic rings. The molecule has 1 aliphatic carbocycles. The van der Waals surface area contributed by atoms with E-state index in [9.17, 15) is 13.6 Å². The molecule has 0 aliphatic heterocycles. The van der Waals surface area contributed by atoms with Crippen molar-refractivity contribution in [2.45, 2.75) is 25.3 Å². The number of nitrogens with one attached hydrogen (secondary N) is 1. The van der Waals surface area contributed by atoms with Crippen LogP contribution >= 0.6 is 0 Å². The third-order valence-electron chi connectivity index (χ3n) is 7.37. The van der Waals surface area contributed by atoms with Gasteiger partial charge in [0, 0.05) is 30.5 Å². The summed E-state index contributed by atoms with van der Waals surface area (Å²) in [4.78, 5) is 30.7. The number of nitrogen functional groups attached to an aromatic ring is 1. The predicted octanol–water partition coefficient (Wildman–Crippen LogP) is 5.00. The predicted molar refractivity (Wildman–Crippen MR) is 151 cm³/mol. The van der Waals surface area contributed by atoms with Gasteiger partial charge in [0.25, 0.3) is 12.3 Å². The van der Waals surface area contributed by atoms with Gasteiger partial charge in [0.1, 0.15) is 17.0 Å². The molecule has 42 heavy (non-hydrogen) atoms. The summed E-state index contributed by atoms with van der Waals surface area (Å²) in [5.41, 5.74) is 10.3. The number of fused-ring (bicyclic) bond motifs is 2. The summed E-state index contributed by atoms with van der Waals surface area (Å²) in [6.07, 6.45) is 4.85. The van der Waals surface area contributed by atoms with E-state index >= 15 is 0 Å². The fraction of sp³-hybridized carbons (Fsp3) is 0.133. The monoisotopic (exact) mass is 563 g/mol. The molecule has 1 aromatic carbocycles. The number of anilines is 1. The number of carbonyl (C=O) groups excluding carboxylic acids is 1. The normalized spacial score (nSPS) is 14.4. The van der Waals surface area contributed by atoms with Gasteiger partial charge in [0.15, 0.2) is 17.3 Å². The maximum absolute atomic E-state index is 13.4. The molecule has 5 heterocycles. The number of benzene rings is 1. The van der Waals surface area contributed by atoms with Gasteiger partial charge in [-0.25, -0.2) is 28.4 Å². The molecule has 0 saturated heterocycles. The Bertz CT molecular complexity index is 1950. The molecule has 1 amide bonds. The van der Waals surface area contributed by atoms with Gasteiger partial charge in [0.05, 0.1) is 17.2 Å². The molecule has 0 fully saturated rings. The van der Waals surface area contributed by atoms with E-state index in [1.54, 1.807) is 23.1 Å². The van der Waals surface area contributed by atoms with Crippen molar-refractivity contribution in [1.29, 1.82) is 0 Å². The number of aromatic nitrogens is 7. The van der Waals surface area contributed by atoms with E-state index in [1.165, 1.54) is 18.3 Å². The van der Waals surface area contributed by atoms with Gasteiger partial charge >= 0.3 is 0 Å². The first-order valence-corrected chi connectivity index (χ1v) is 13.3. The van der Waals surface area contributed by atoms with Crippen LogP contribution in [0.2, 0.25) is 0 Å². The van der Waals surface area contributed by atoms with Gasteiger partial charge in [-0.15, -0.1) is 0 Å². The quantitative estimate of drug-likeness (QED) is 0.292. The molecule has 0 spiro atoms. The Morgan fingerprint density at radius 3 is 2.67 bits per heavy atom. The molecule has 12 heteroatoms. The van der Waals surface area contributed by atoms with Crippen molar-refractivity contribution in [1.82, 2.24) is 39.6 Å². The number of hydrogen-bond acceptors (Lipinski definition) is 7. The van der Waals surface area contributed by atoms with Crippen molar-refractivity contribution in [3.05, 3.63) is 108 Å². The molecule has 3 N–H and O–H groups in total. The SMILES string of the molecule is Nc1ncccc1-c1nc2ccc(-n3cccn3)nc2n1-c1ccc2c(c1)CC[C@@H]2NC(=O)c1cccnc1C(F)F. The summed E-state index contributed by atoms with van der Waals surface area (Å²) < 4.78 is 30.5. The molecule has 0 unspecified atom stereocenters. The molecule has 7 rings (SSSR count). The third kappa shape index (κ3) is 4.33. The summed E-state index contributed by atoms with van der Waals surface area (Å²) in [5.74, 6) is 0.968. The molecule has 208 valence electrons. The molecule has 10 nitrogen and oxygen atoms in total. The zero-order valence-electron chi connectivity index (χ0n) is 22.0. The summed E-state index contributed by atoms with van der Waals surface area (Å²) in [6, 6.07) is 17.6. The summed E-state index contributed by atoms with van der Waals surface area (Å²) >= 11 is 0. The van der Waals surface area contributed by atoms with E-state index in [0.29, 0.717) is 47.0 Å². The number of alkyl halides is 2. The van der Waals surface area contributed by atoms with Crippen LogP contribution in [0.3, 0.4) is 0 Å². The Hall–Kier alpha value is -5.52. The van der Waals surface area contributed by atoms with E-state index in [2.05, 4.69) is 20.4 Å². The van der Waals surface area contributed by atoms with Crippen molar-refractivity contribution < 1.29 is 13.6 Å². The van der Waals surface area contributed by atoms with Crippen LogP contribution in [0.5, 0.6) is 0 Å². The minimum absolute atomic E-state index is 0.125. The maximum Gasteiger partial charge on any atom is 0.281 e. The topological polar surface area (TPSA) is 129 Å². The lowest BCUT2D eigenvalue weighted by Crippen LogP contribution is -2.28. The summed E-state index contributed by atoms with van der Waals surface area (Å²) in [7, 11) is 0. The number of nitrogens with two attached hydrogens (primary N) is 1. The first kappa shape index (κ1) is 25.4. The van der Waals surface area contributed by atoms with Crippen LogP contribution in [0.4, 0.5) is 14.6 Å². The first-order chi connectivity index (χ1) is 20.5. The lowest BCUT2D eigenvalue weighted by molar-refractivity contribution is 0.0920. The van der Waals surface area contributed by atoms with Crippen LogP contribution in [0, 0.1) is 0 Å². The Labute approximate surface area is 237 Å². The van der Waals surface area contributed by atoms with Crippen molar-refractivity contribution in [3.63, 3.8) is 0 Å². The summed E-state index contributed by atoms with van der Waals surface area (Å²) in [6.45, 7) is 0. The maximum atomic E-state index is 13.4. The number of hydrogen-bond donors (Lipinski definition) is 2. The lowest BCUT2D eigenvalue weighted by Gasteiger charge is -2.16. The fourth-order valence-corrected chi connectivity index (χ4v) is 5.42. The average Bonchev–Trinajstić information content (AvgIpc) is 3.76. The van der Waals surface area contributed by atoms with Crippen LogP contribution in [0.25, 0.3) is 34.1 Å². The molecule has 6 aromatic rings. The minimum atomic E-state index is -2.85. The Balaban J connectivity index is 1.29. The second-order valence-corrected chi connectivity index (χ2v) is 9.85. The van der Waals surface area contributed by atoms with E-state index < -0.39 is 18.0 Å². The van der Waals surface area contributed by atoms with Gasteiger partial charge in [-0.05, 0) is 78.6 Å². The highest BCUT2D eigenvalue weighted by Gasteiger charge is 2.28. The number of imidazole rings is 1. The number of pyridine rings is 3. The highest BCUT2D eigenvalue weighted by Crippen LogP contribution is 2.36. The molecular weight excluding hydrogens is 540 g/mol. The highest BCUT2D eigenvalue weighted by molar-refractivity contribution is 5.95. The first-order valence-electron chi connectivity index (χ1n) is 13.3. The van der Waals surface area contributed by atoms with Gasteiger partial charge in [0.2, 0.25) is 0 Å². The molecule has 0 saturated carbocycles. The number of amides is 1. The zero-order valence-corrected chi connectivity index (χ0v) is 22.0. The van der Waals surface area contributed by atoms with Crippen LogP contribution in [-0.2, 0) is 6.42 Å². The molecule has 0 radical (unpaired) electrons. The number of rotatable bonds is 6. The highest BCUT2D eigenvalue weighted by atomic mass is 19.3. The second kappa shape index (κ2) is 10.1. The Morgan fingerprint density at radius 2 is 1.86 bits per heavy atom. The van der Waals surface area contributed by atoms with Crippen molar-refractivity contribution in [3.8, 4) is 22.9 Å². The van der Waals surface area contributed by atoms with E-state index in [1.807, 2.05) is 53.2 Å². The molecule has 1 atom stereocenters. The lowest BCUT2D eigenvalue weighted by atomic mass is 10.1. The average molecular weight is 564 g/mol. The molecule has 0 bridgehead atoms. The van der Waals surface area contributed by atoms with Gasteiger partial charge < -0.3 is 11.1 Å². The van der Waals surface area contributed by atoms with E-state index in [0.717, 1.165) is 16.8 Å². The van der Waals surface area contributed by atoms with E-state index in [-0.39, 0.29) is 11.6 Å². The second-order valence-electron chi connectivity index (χ2n) is 9.85. The number of aryl methyl sites for hydroxylation is 1. The largest absolute Gasteiger partial charge is 0.383 e. The fourth-order valence-electron chi connectivity index (χ4n) is 5.42. The number of halogens is 2. The van der Waals surface area contributed by atoms with Crippen LogP contribution in [0.1, 0.15) is 46.1 Å². The zero-order chi connectivity index (χ0) is 28.8. The Morgan fingerprint density at radius 1 is 1.00 bits per heavy atom. The number of carbonyl (C=O) groups is 1. The van der Waals surface area contributed by atoms with Gasteiger partial charge in [-0.2, -0.15) is 5.10 Å². The van der Waals surface area contributed by atoms with Gasteiger partial charge in [-0.1, -0.05) is 6.07 Å². The van der Waals surface area contributed by atoms with Crippen LogP contribution < -0.4 is 11.1 Å². The molecule has 5 aromatic heterocycles. The smallest absolute Gasteiger partial charge is 0.281 e. The Kier molecular flexibility index (Phi) is 6.15. The standard InChI is InChI=1S/C30H23F2N9O/c31-26(32)25-20(4-1-12-34-25)30(42)38-22-9-6-17-16-18(7-8-19(17)22)41-28(21-5-2-13-35-27(21)33)37-23-10-11-24(39-29(23)41)40-15-3-14-36-40/h1-5,7-8,10-16,22,26H,6,9H2,(H2,33,35)(H,38,42)/t22-/m0/s1. The van der Waals surface area contributed by atoms with Gasteiger partial charge in [-0.3, -0.25) is 14.3 Å². The van der Waals surface area contributed by atoms with Crippen LogP contribution in [-0.4, -0.2) is 40.2 Å². The van der Waals surface area contributed by atoms with Crippen molar-refractivity contribution >= 4 is 22.9 Å². The van der Waals surface area contributed by atoms with Crippen molar-refractivity contribution in [2.24, 2.45) is 0 Å².